The third-order valence-electron chi connectivity index (χ3n) is 5.08. The lowest BCUT2D eigenvalue weighted by molar-refractivity contribution is -0.517. The van der Waals surface area contributed by atoms with Gasteiger partial charge in [0, 0.05) is 36.9 Å². The molecule has 0 amide bonds. The highest BCUT2D eigenvalue weighted by Gasteiger charge is 2.24. The first kappa shape index (κ1) is 20.5. The Balaban J connectivity index is 1.59. The van der Waals surface area contributed by atoms with Crippen molar-refractivity contribution in [3.63, 3.8) is 0 Å². The van der Waals surface area contributed by atoms with Gasteiger partial charge in [0.05, 0.1) is 17.9 Å². The molecule has 0 spiro atoms. The third kappa shape index (κ3) is 4.99. The van der Waals surface area contributed by atoms with Gasteiger partial charge in [-0.3, -0.25) is 14.9 Å². The minimum atomic E-state index is -0.690. The lowest BCUT2D eigenvalue weighted by Gasteiger charge is -2.21. The maximum absolute atomic E-state index is 12.0. The number of benzene rings is 2. The molecule has 0 aliphatic carbocycles. The second kappa shape index (κ2) is 9.32. The number of carbonyl (C=O) groups is 2. The number of esters is 1. The predicted molar refractivity (Wildman–Crippen MR) is 109 cm³/mol. The topological polar surface area (TPSA) is 89.8 Å². The molecule has 1 aliphatic rings. The number of nitro groups is 1. The Kier molecular flexibility index (Phi) is 6.59. The molecule has 7 nitrogen and oxygen atoms in total. The van der Waals surface area contributed by atoms with Crippen LogP contribution in [0.1, 0.15) is 45.2 Å². The Labute approximate surface area is 169 Å². The molecule has 1 aliphatic heterocycles. The zero-order valence-electron chi connectivity index (χ0n) is 16.4. The van der Waals surface area contributed by atoms with Crippen LogP contribution in [0.3, 0.4) is 0 Å². The van der Waals surface area contributed by atoms with E-state index < -0.39 is 6.04 Å². The Morgan fingerprint density at radius 1 is 1.31 bits per heavy atom. The van der Waals surface area contributed by atoms with Gasteiger partial charge in [0.2, 0.25) is 6.04 Å². The highest BCUT2D eigenvalue weighted by Crippen LogP contribution is 2.33. The van der Waals surface area contributed by atoms with Gasteiger partial charge >= 0.3 is 5.97 Å². The summed E-state index contributed by atoms with van der Waals surface area (Å²) in [5.41, 5.74) is 3.84. The van der Waals surface area contributed by atoms with Crippen LogP contribution < -0.4 is 4.90 Å². The van der Waals surface area contributed by atoms with E-state index in [0.29, 0.717) is 37.1 Å². The van der Waals surface area contributed by atoms with Crippen molar-refractivity contribution in [3.05, 3.63) is 74.8 Å². The molecule has 0 N–H and O–H groups in total. The summed E-state index contributed by atoms with van der Waals surface area (Å²) in [6.45, 7) is 3.31. The Bertz CT molecular complexity index is 898. The molecule has 0 radical (unpaired) electrons. The van der Waals surface area contributed by atoms with Gasteiger partial charge in [-0.05, 0) is 42.2 Å². The van der Waals surface area contributed by atoms with E-state index in [1.807, 2.05) is 12.1 Å². The molecule has 1 unspecified atom stereocenters. The fourth-order valence-electron chi connectivity index (χ4n) is 3.66. The van der Waals surface area contributed by atoms with Crippen molar-refractivity contribution in [1.29, 1.82) is 0 Å². The summed E-state index contributed by atoms with van der Waals surface area (Å²) >= 11 is 0. The van der Waals surface area contributed by atoms with Crippen molar-refractivity contribution in [2.45, 2.75) is 32.2 Å². The van der Waals surface area contributed by atoms with Crippen molar-refractivity contribution in [2.75, 3.05) is 24.6 Å². The monoisotopic (exact) mass is 396 g/mol. The van der Waals surface area contributed by atoms with E-state index in [0.717, 1.165) is 36.1 Å². The third-order valence-corrected chi connectivity index (χ3v) is 5.08. The first-order valence-electron chi connectivity index (χ1n) is 9.71. The van der Waals surface area contributed by atoms with E-state index in [-0.39, 0.29) is 10.9 Å². The largest absolute Gasteiger partial charge is 0.462 e. The smallest absolute Gasteiger partial charge is 0.338 e. The summed E-state index contributed by atoms with van der Waals surface area (Å²) in [5.74, 6) is -0.342. The van der Waals surface area contributed by atoms with Gasteiger partial charge in [-0.15, -0.1) is 0 Å². The molecule has 0 saturated heterocycles. The van der Waals surface area contributed by atoms with Gasteiger partial charge in [-0.2, -0.15) is 0 Å². The first-order valence-corrected chi connectivity index (χ1v) is 9.71. The van der Waals surface area contributed by atoms with Crippen molar-refractivity contribution in [1.82, 2.24) is 0 Å². The predicted octanol–water partition coefficient (Wildman–Crippen LogP) is 3.32. The van der Waals surface area contributed by atoms with E-state index >= 15 is 0 Å². The van der Waals surface area contributed by atoms with Gasteiger partial charge in [-0.25, -0.2) is 4.79 Å². The molecule has 0 saturated carbocycles. The first-order chi connectivity index (χ1) is 14.0. The van der Waals surface area contributed by atoms with Gasteiger partial charge < -0.3 is 9.64 Å². The van der Waals surface area contributed by atoms with Crippen LogP contribution >= 0.6 is 0 Å². The second-order valence-electron chi connectivity index (χ2n) is 7.24. The van der Waals surface area contributed by atoms with E-state index in [2.05, 4.69) is 4.90 Å². The Hall–Kier alpha value is -3.22. The van der Waals surface area contributed by atoms with E-state index in [1.165, 1.54) is 0 Å². The fraction of sp³-hybridized carbons (Fsp3) is 0.364. The summed E-state index contributed by atoms with van der Waals surface area (Å²) in [7, 11) is 0. The lowest BCUT2D eigenvalue weighted by atomic mass is 9.99. The summed E-state index contributed by atoms with van der Waals surface area (Å²) in [5, 5.41) is 10.9. The van der Waals surface area contributed by atoms with Crippen LogP contribution in [0.5, 0.6) is 0 Å². The number of anilines is 1. The second-order valence-corrected chi connectivity index (χ2v) is 7.24. The summed E-state index contributed by atoms with van der Waals surface area (Å²) in [6.07, 6.45) is 2.56. The highest BCUT2D eigenvalue weighted by molar-refractivity contribution is 5.89. The summed E-state index contributed by atoms with van der Waals surface area (Å²) in [6, 6.07) is 11.9. The number of fused-ring (bicyclic) bond motifs is 1. The zero-order valence-corrected chi connectivity index (χ0v) is 16.4. The molecule has 1 heterocycles. The molecule has 29 heavy (non-hydrogen) atoms. The van der Waals surface area contributed by atoms with Gasteiger partial charge in [0.1, 0.15) is 0 Å². The fourth-order valence-corrected chi connectivity index (χ4v) is 3.66. The van der Waals surface area contributed by atoms with E-state index in [9.17, 15) is 19.7 Å². The van der Waals surface area contributed by atoms with Crippen LogP contribution in [0.25, 0.3) is 0 Å². The van der Waals surface area contributed by atoms with Gasteiger partial charge in [-0.1, -0.05) is 24.3 Å². The Morgan fingerprint density at radius 2 is 2.07 bits per heavy atom. The number of carbonyl (C=O) groups excluding carboxylic acids is 2. The number of nitrogens with zero attached hydrogens (tertiary/aromatic N) is 2. The standard InChI is InChI=1S/C22H24N2O5/c1-16(24(27)28)12-17-13-19-8-10-23(21(19)20(14-17)15-25)9-5-11-29-22(26)18-6-3-2-4-7-18/h2-4,6-7,13-16H,5,8-12H2,1H3. The molecule has 7 heteroatoms. The van der Waals surface area contributed by atoms with E-state index in [4.69, 9.17) is 4.74 Å². The SMILES string of the molecule is CC(Cc1cc(C=O)c2c(c1)CCN2CCCOC(=O)c1ccccc1)[N+](=O)[O-]. The lowest BCUT2D eigenvalue weighted by Crippen LogP contribution is -2.24. The Morgan fingerprint density at radius 3 is 2.76 bits per heavy atom. The van der Waals surface area contributed by atoms with Crippen molar-refractivity contribution < 1.29 is 19.2 Å². The van der Waals surface area contributed by atoms with Crippen molar-refractivity contribution in [3.8, 4) is 0 Å². The summed E-state index contributed by atoms with van der Waals surface area (Å²) in [4.78, 5) is 36.3. The van der Waals surface area contributed by atoms with Crippen LogP contribution in [0.2, 0.25) is 0 Å². The number of rotatable bonds is 9. The molecule has 0 fully saturated rings. The van der Waals surface area contributed by atoms with Crippen LogP contribution in [0.15, 0.2) is 42.5 Å². The quantitative estimate of drug-likeness (QED) is 0.212. The number of ether oxygens (including phenoxy) is 1. The number of hydrogen-bond donors (Lipinski definition) is 0. The highest BCUT2D eigenvalue weighted by atomic mass is 16.6. The molecule has 2 aromatic carbocycles. The van der Waals surface area contributed by atoms with Gasteiger partial charge in [0.15, 0.2) is 6.29 Å². The van der Waals surface area contributed by atoms with Crippen LogP contribution in [0.4, 0.5) is 5.69 Å². The molecule has 3 rings (SSSR count). The zero-order chi connectivity index (χ0) is 20.8. The molecule has 2 aromatic rings. The molecule has 0 bridgehead atoms. The minimum absolute atomic E-state index is 0.300. The van der Waals surface area contributed by atoms with E-state index in [1.54, 1.807) is 37.3 Å². The van der Waals surface area contributed by atoms with Crippen LogP contribution in [-0.4, -0.2) is 42.9 Å². The average molecular weight is 396 g/mol. The molecule has 1 atom stereocenters. The van der Waals surface area contributed by atoms with Crippen LogP contribution in [-0.2, 0) is 17.6 Å². The number of aldehydes is 1. The summed E-state index contributed by atoms with van der Waals surface area (Å²) < 4.78 is 5.32. The van der Waals surface area contributed by atoms with Crippen molar-refractivity contribution in [2.24, 2.45) is 0 Å². The molecular formula is C22H24N2O5. The maximum atomic E-state index is 12.0. The maximum Gasteiger partial charge on any atom is 0.338 e. The van der Waals surface area contributed by atoms with Crippen molar-refractivity contribution >= 4 is 17.9 Å². The molecular weight excluding hydrogens is 372 g/mol. The van der Waals surface area contributed by atoms with Crippen LogP contribution in [0, 0.1) is 10.1 Å². The minimum Gasteiger partial charge on any atom is -0.462 e. The number of hydrogen-bond acceptors (Lipinski definition) is 6. The molecule has 0 aromatic heterocycles. The normalized spacial score (nSPS) is 13.6. The molecule has 152 valence electrons. The average Bonchev–Trinajstić information content (AvgIpc) is 3.14. The van der Waals surface area contributed by atoms with Gasteiger partial charge in [0.25, 0.3) is 0 Å².